The molecule has 2 aromatic rings. The van der Waals surface area contributed by atoms with Gasteiger partial charge in [0.25, 0.3) is 5.91 Å². The summed E-state index contributed by atoms with van der Waals surface area (Å²) in [5.41, 5.74) is -0.0945. The van der Waals surface area contributed by atoms with Gasteiger partial charge < -0.3 is 25.0 Å². The zero-order chi connectivity index (χ0) is 21.3. The predicted molar refractivity (Wildman–Crippen MR) is 96.1 cm³/mol. The van der Waals surface area contributed by atoms with Crippen molar-refractivity contribution in [3.63, 3.8) is 0 Å². The van der Waals surface area contributed by atoms with Crippen molar-refractivity contribution in [2.45, 2.75) is 31.3 Å². The van der Waals surface area contributed by atoms with Gasteiger partial charge in [-0.2, -0.15) is 13.8 Å². The van der Waals surface area contributed by atoms with E-state index in [0.29, 0.717) is 10.3 Å². The van der Waals surface area contributed by atoms with Gasteiger partial charge in [-0.05, 0) is 36.8 Å². The lowest BCUT2D eigenvalue weighted by molar-refractivity contribution is -0.140. The first-order valence-corrected chi connectivity index (χ1v) is 8.55. The highest BCUT2D eigenvalue weighted by atomic mass is 19.3. The third-order valence-corrected chi connectivity index (χ3v) is 4.43. The van der Waals surface area contributed by atoms with Crippen molar-refractivity contribution >= 4 is 11.7 Å². The van der Waals surface area contributed by atoms with Gasteiger partial charge in [0, 0.05) is 11.8 Å². The SMILES string of the molecule is COc1cc(C)cc(C(=O)Nc2ccn([C@@H]3O[C@H](CO)[C@@H](O)C3(F)F)c(=O)n2)c1. The summed E-state index contributed by atoms with van der Waals surface area (Å²) in [7, 11) is 1.46. The molecule has 2 heterocycles. The first-order valence-electron chi connectivity index (χ1n) is 8.55. The van der Waals surface area contributed by atoms with Gasteiger partial charge in [-0.15, -0.1) is 0 Å². The van der Waals surface area contributed by atoms with E-state index in [1.54, 1.807) is 19.1 Å². The lowest BCUT2D eigenvalue weighted by Gasteiger charge is -2.21. The molecule has 1 aromatic heterocycles. The number of hydrogen-bond acceptors (Lipinski definition) is 7. The summed E-state index contributed by atoms with van der Waals surface area (Å²) < 4.78 is 38.9. The predicted octanol–water partition coefficient (Wildman–Crippen LogP) is 0.699. The van der Waals surface area contributed by atoms with Crippen LogP contribution >= 0.6 is 0 Å². The molecule has 1 aromatic carbocycles. The Morgan fingerprint density at radius 1 is 1.41 bits per heavy atom. The molecule has 0 spiro atoms. The number of aryl methyl sites for hydroxylation is 1. The highest BCUT2D eigenvalue weighted by Gasteiger charge is 2.59. The van der Waals surface area contributed by atoms with Gasteiger partial charge in [0.05, 0.1) is 13.7 Å². The minimum Gasteiger partial charge on any atom is -0.497 e. The second-order valence-corrected chi connectivity index (χ2v) is 6.52. The van der Waals surface area contributed by atoms with Crippen LogP contribution in [0.1, 0.15) is 22.1 Å². The van der Waals surface area contributed by atoms with E-state index in [4.69, 9.17) is 14.6 Å². The summed E-state index contributed by atoms with van der Waals surface area (Å²) >= 11 is 0. The number of halogens is 2. The summed E-state index contributed by atoms with van der Waals surface area (Å²) in [6.07, 6.45) is -4.99. The molecule has 1 amide bonds. The number of hydrogen-bond donors (Lipinski definition) is 3. The molecule has 0 bridgehead atoms. The Morgan fingerprint density at radius 3 is 2.72 bits per heavy atom. The lowest BCUT2D eigenvalue weighted by Crippen LogP contribution is -2.41. The summed E-state index contributed by atoms with van der Waals surface area (Å²) in [5, 5.41) is 21.0. The number of carbonyl (C=O) groups is 1. The van der Waals surface area contributed by atoms with Crippen LogP contribution in [0.2, 0.25) is 0 Å². The molecule has 3 atom stereocenters. The lowest BCUT2D eigenvalue weighted by atomic mass is 10.1. The first kappa shape index (κ1) is 20.8. The van der Waals surface area contributed by atoms with Crippen LogP contribution in [0.4, 0.5) is 14.6 Å². The molecule has 0 radical (unpaired) electrons. The summed E-state index contributed by atoms with van der Waals surface area (Å²) in [6.45, 7) is 0.929. The van der Waals surface area contributed by atoms with Crippen molar-refractivity contribution in [2.24, 2.45) is 0 Å². The highest BCUT2D eigenvalue weighted by Crippen LogP contribution is 2.41. The number of anilines is 1. The number of amides is 1. The van der Waals surface area contributed by atoms with Gasteiger partial charge >= 0.3 is 11.6 Å². The molecule has 3 rings (SSSR count). The topological polar surface area (TPSA) is 123 Å². The van der Waals surface area contributed by atoms with E-state index in [2.05, 4.69) is 10.3 Å². The number of carbonyl (C=O) groups excluding carboxylic acids is 1. The quantitative estimate of drug-likeness (QED) is 0.662. The van der Waals surface area contributed by atoms with Crippen LogP contribution in [0.3, 0.4) is 0 Å². The van der Waals surface area contributed by atoms with Crippen LogP contribution in [0.15, 0.2) is 35.3 Å². The molecule has 1 aliphatic heterocycles. The fraction of sp³-hybridized carbons (Fsp3) is 0.389. The number of aliphatic hydroxyl groups is 2. The van der Waals surface area contributed by atoms with E-state index >= 15 is 0 Å². The second-order valence-electron chi connectivity index (χ2n) is 6.52. The molecule has 1 aliphatic rings. The van der Waals surface area contributed by atoms with Crippen molar-refractivity contribution in [3.8, 4) is 5.75 Å². The Balaban J connectivity index is 1.83. The smallest absolute Gasteiger partial charge is 0.351 e. The first-order chi connectivity index (χ1) is 13.7. The van der Waals surface area contributed by atoms with Crippen molar-refractivity contribution in [3.05, 3.63) is 52.1 Å². The summed E-state index contributed by atoms with van der Waals surface area (Å²) in [6, 6.07) is 5.96. The summed E-state index contributed by atoms with van der Waals surface area (Å²) in [5.74, 6) is -4.08. The number of aliphatic hydroxyl groups excluding tert-OH is 2. The van der Waals surface area contributed by atoms with E-state index in [-0.39, 0.29) is 11.4 Å². The zero-order valence-electron chi connectivity index (χ0n) is 15.5. The molecule has 0 saturated carbocycles. The van der Waals surface area contributed by atoms with E-state index in [0.717, 1.165) is 17.8 Å². The Kier molecular flexibility index (Phi) is 5.64. The highest BCUT2D eigenvalue weighted by molar-refractivity contribution is 6.04. The van der Waals surface area contributed by atoms with Gasteiger partial charge in [-0.3, -0.25) is 9.36 Å². The van der Waals surface area contributed by atoms with E-state index in [1.165, 1.54) is 13.2 Å². The molecule has 0 aliphatic carbocycles. The zero-order valence-corrected chi connectivity index (χ0v) is 15.5. The van der Waals surface area contributed by atoms with Crippen LogP contribution in [-0.2, 0) is 4.74 Å². The largest absolute Gasteiger partial charge is 0.497 e. The minimum absolute atomic E-state index is 0.155. The maximum Gasteiger partial charge on any atom is 0.351 e. The van der Waals surface area contributed by atoms with Crippen LogP contribution in [-0.4, -0.2) is 57.5 Å². The number of nitrogens with one attached hydrogen (secondary N) is 1. The minimum atomic E-state index is -3.82. The summed E-state index contributed by atoms with van der Waals surface area (Å²) in [4.78, 5) is 28.2. The maximum atomic E-state index is 14.2. The standard InChI is InChI=1S/C18H19F2N3O6/c1-9-5-10(7-11(6-9)28-2)15(26)21-13-3-4-23(17(27)22-13)16-18(19,20)14(25)12(8-24)29-16/h3-7,12,14,16,24-25H,8H2,1-2H3,(H,21,22,26,27)/t12-,14-,16-/m1/s1. The molecule has 3 N–H and O–H groups in total. The van der Waals surface area contributed by atoms with E-state index in [9.17, 15) is 23.5 Å². The molecule has 156 valence electrons. The Morgan fingerprint density at radius 2 is 2.14 bits per heavy atom. The number of alkyl halides is 2. The van der Waals surface area contributed by atoms with Crippen molar-refractivity contribution in [2.75, 3.05) is 19.0 Å². The number of aromatic nitrogens is 2. The van der Waals surface area contributed by atoms with Gasteiger partial charge in [-0.25, -0.2) is 4.79 Å². The number of benzene rings is 1. The fourth-order valence-electron chi connectivity index (χ4n) is 2.96. The normalized spacial score (nSPS) is 23.0. The van der Waals surface area contributed by atoms with Gasteiger partial charge in [0.15, 0.2) is 6.10 Å². The average molecular weight is 411 g/mol. The second kappa shape index (κ2) is 7.85. The van der Waals surface area contributed by atoms with Gasteiger partial charge in [0.2, 0.25) is 6.23 Å². The average Bonchev–Trinajstić information content (AvgIpc) is 2.90. The van der Waals surface area contributed by atoms with Gasteiger partial charge in [-0.1, -0.05) is 0 Å². The van der Waals surface area contributed by atoms with E-state index < -0.39 is 42.6 Å². The molecule has 29 heavy (non-hydrogen) atoms. The number of ether oxygens (including phenoxy) is 2. The van der Waals surface area contributed by atoms with Crippen molar-refractivity contribution in [1.82, 2.24) is 9.55 Å². The Hall–Kier alpha value is -2.89. The van der Waals surface area contributed by atoms with Crippen LogP contribution in [0.25, 0.3) is 0 Å². The Bertz CT molecular complexity index is 980. The monoisotopic (exact) mass is 411 g/mol. The maximum absolute atomic E-state index is 14.2. The number of nitrogens with zero attached hydrogens (tertiary/aromatic N) is 2. The number of rotatable bonds is 5. The third-order valence-electron chi connectivity index (χ3n) is 4.43. The molecular weight excluding hydrogens is 392 g/mol. The van der Waals surface area contributed by atoms with Crippen LogP contribution < -0.4 is 15.7 Å². The molecule has 0 unspecified atom stereocenters. The molecular formula is C18H19F2N3O6. The fourth-order valence-corrected chi connectivity index (χ4v) is 2.96. The van der Waals surface area contributed by atoms with Crippen molar-refractivity contribution in [1.29, 1.82) is 0 Å². The van der Waals surface area contributed by atoms with Crippen LogP contribution in [0, 0.1) is 6.92 Å². The molecule has 1 saturated heterocycles. The Labute approximate surface area is 163 Å². The van der Waals surface area contributed by atoms with E-state index in [1.807, 2.05) is 0 Å². The third kappa shape index (κ3) is 3.97. The molecule has 11 heteroatoms. The van der Waals surface area contributed by atoms with Crippen LogP contribution in [0.5, 0.6) is 5.75 Å². The van der Waals surface area contributed by atoms with Crippen molar-refractivity contribution < 1.29 is 33.3 Å². The molecule has 9 nitrogen and oxygen atoms in total. The number of methoxy groups -OCH3 is 1. The van der Waals surface area contributed by atoms with Gasteiger partial charge in [0.1, 0.15) is 17.7 Å². The molecule has 1 fully saturated rings.